The first kappa shape index (κ1) is 10.5. The Balaban J connectivity index is 1.99. The zero-order valence-electron chi connectivity index (χ0n) is 8.76. The molecule has 3 N–H and O–H groups in total. The topological polar surface area (TPSA) is 62.4 Å². The van der Waals surface area contributed by atoms with Crippen LogP contribution in [0.4, 0.5) is 0 Å². The van der Waals surface area contributed by atoms with Crippen molar-refractivity contribution in [1.82, 2.24) is 9.88 Å². The van der Waals surface area contributed by atoms with Gasteiger partial charge in [0.15, 0.2) is 0 Å². The predicted octanol–water partition coefficient (Wildman–Crippen LogP) is -0.241. The summed E-state index contributed by atoms with van der Waals surface area (Å²) in [6, 6.07) is 2.08. The molecule has 0 fully saturated rings. The first-order valence-corrected chi connectivity index (χ1v) is 5.32. The van der Waals surface area contributed by atoms with Gasteiger partial charge in [0, 0.05) is 38.6 Å². The van der Waals surface area contributed by atoms with Gasteiger partial charge in [-0.1, -0.05) is 0 Å². The summed E-state index contributed by atoms with van der Waals surface area (Å²) in [4.78, 5) is 6.34. The Bertz CT molecular complexity index is 329. The van der Waals surface area contributed by atoms with Gasteiger partial charge in [0.1, 0.15) is 0 Å². The summed E-state index contributed by atoms with van der Waals surface area (Å²) in [5.41, 5.74) is 8.04. The molecule has 82 valence electrons. The van der Waals surface area contributed by atoms with Crippen LogP contribution in [0.25, 0.3) is 0 Å². The van der Waals surface area contributed by atoms with Crippen molar-refractivity contribution in [2.24, 2.45) is 5.73 Å². The molecule has 0 spiro atoms. The molecule has 1 aliphatic heterocycles. The molecule has 0 aromatic carbocycles. The Morgan fingerprint density at radius 3 is 3.20 bits per heavy atom. The number of fused-ring (bicyclic) bond motifs is 1. The molecule has 1 unspecified atom stereocenters. The molecule has 0 amide bonds. The van der Waals surface area contributed by atoms with Crippen LogP contribution in [0.2, 0.25) is 0 Å². The van der Waals surface area contributed by atoms with E-state index in [1.54, 1.807) is 0 Å². The van der Waals surface area contributed by atoms with Crippen LogP contribution in [0.15, 0.2) is 18.5 Å². The molecule has 15 heavy (non-hydrogen) atoms. The maximum atomic E-state index is 9.48. The van der Waals surface area contributed by atoms with Crippen LogP contribution in [-0.4, -0.2) is 40.7 Å². The lowest BCUT2D eigenvalue weighted by atomic mass is 10.0. The minimum Gasteiger partial charge on any atom is -0.390 e. The molecular weight excluding hydrogens is 190 g/mol. The zero-order valence-corrected chi connectivity index (χ0v) is 8.76. The van der Waals surface area contributed by atoms with Gasteiger partial charge in [-0.2, -0.15) is 0 Å². The summed E-state index contributed by atoms with van der Waals surface area (Å²) < 4.78 is 0. The maximum absolute atomic E-state index is 9.48. The quantitative estimate of drug-likeness (QED) is 0.718. The van der Waals surface area contributed by atoms with Crippen LogP contribution >= 0.6 is 0 Å². The van der Waals surface area contributed by atoms with E-state index < -0.39 is 6.10 Å². The smallest absolute Gasteiger partial charge is 0.0789 e. The monoisotopic (exact) mass is 207 g/mol. The molecule has 1 aromatic rings. The van der Waals surface area contributed by atoms with Gasteiger partial charge in [-0.05, 0) is 23.6 Å². The predicted molar refractivity (Wildman–Crippen MR) is 58.3 cm³/mol. The minimum absolute atomic E-state index is 0.330. The van der Waals surface area contributed by atoms with Crippen LogP contribution in [0.3, 0.4) is 0 Å². The van der Waals surface area contributed by atoms with Gasteiger partial charge in [-0.25, -0.2) is 0 Å². The second-order valence-corrected chi connectivity index (χ2v) is 4.02. The number of nitrogens with zero attached hydrogens (tertiary/aromatic N) is 2. The van der Waals surface area contributed by atoms with E-state index in [0.29, 0.717) is 13.1 Å². The largest absolute Gasteiger partial charge is 0.390 e. The molecule has 0 saturated heterocycles. The summed E-state index contributed by atoms with van der Waals surface area (Å²) in [5, 5.41) is 9.48. The molecule has 2 heterocycles. The third-order valence-electron chi connectivity index (χ3n) is 2.84. The average molecular weight is 207 g/mol. The molecule has 1 aliphatic rings. The number of aromatic nitrogens is 1. The average Bonchev–Trinajstić information content (AvgIpc) is 2.29. The van der Waals surface area contributed by atoms with Gasteiger partial charge in [-0.15, -0.1) is 0 Å². The van der Waals surface area contributed by atoms with Crippen LogP contribution in [-0.2, 0) is 13.0 Å². The lowest BCUT2D eigenvalue weighted by molar-refractivity contribution is 0.111. The minimum atomic E-state index is -0.414. The highest BCUT2D eigenvalue weighted by atomic mass is 16.3. The SMILES string of the molecule is NCC(O)CN1CCc2ccncc2C1. The van der Waals surface area contributed by atoms with Crippen molar-refractivity contribution in [2.75, 3.05) is 19.6 Å². The van der Waals surface area contributed by atoms with E-state index in [2.05, 4.69) is 16.0 Å². The fourth-order valence-corrected chi connectivity index (χ4v) is 1.97. The highest BCUT2D eigenvalue weighted by Gasteiger charge is 2.17. The Morgan fingerprint density at radius 2 is 2.40 bits per heavy atom. The Hall–Kier alpha value is -0.970. The molecule has 0 bridgehead atoms. The van der Waals surface area contributed by atoms with Crippen molar-refractivity contribution < 1.29 is 5.11 Å². The van der Waals surface area contributed by atoms with E-state index in [9.17, 15) is 5.11 Å². The van der Waals surface area contributed by atoms with E-state index in [-0.39, 0.29) is 0 Å². The van der Waals surface area contributed by atoms with E-state index in [1.807, 2.05) is 12.4 Å². The molecule has 2 rings (SSSR count). The van der Waals surface area contributed by atoms with E-state index in [0.717, 1.165) is 19.5 Å². The van der Waals surface area contributed by atoms with Crippen LogP contribution in [0.5, 0.6) is 0 Å². The summed E-state index contributed by atoms with van der Waals surface area (Å²) in [6.07, 6.45) is 4.37. The molecule has 1 aromatic heterocycles. The van der Waals surface area contributed by atoms with Crippen molar-refractivity contribution in [3.8, 4) is 0 Å². The third kappa shape index (κ3) is 2.53. The molecule has 4 nitrogen and oxygen atoms in total. The summed E-state index contributed by atoms with van der Waals surface area (Å²) in [6.45, 7) is 2.86. The number of pyridine rings is 1. The Kier molecular flexibility index (Phi) is 3.30. The number of β-amino-alcohol motifs (C(OH)–C–C–N with tert-alkyl or cyclic N) is 1. The van der Waals surface area contributed by atoms with Crippen molar-refractivity contribution in [1.29, 1.82) is 0 Å². The summed E-state index contributed by atoms with van der Waals surface area (Å²) in [5.74, 6) is 0. The Morgan fingerprint density at radius 1 is 1.53 bits per heavy atom. The lowest BCUT2D eigenvalue weighted by Gasteiger charge is -2.29. The maximum Gasteiger partial charge on any atom is 0.0789 e. The standard InChI is InChI=1S/C11H17N3O/c12-5-11(15)8-14-4-2-9-1-3-13-6-10(9)7-14/h1,3,6,11,15H,2,4-5,7-8,12H2. The first-order valence-electron chi connectivity index (χ1n) is 5.32. The summed E-state index contributed by atoms with van der Waals surface area (Å²) >= 11 is 0. The molecule has 1 atom stereocenters. The van der Waals surface area contributed by atoms with Crippen LogP contribution in [0, 0.1) is 0 Å². The van der Waals surface area contributed by atoms with E-state index in [4.69, 9.17) is 5.73 Å². The van der Waals surface area contributed by atoms with Gasteiger partial charge in [-0.3, -0.25) is 9.88 Å². The van der Waals surface area contributed by atoms with E-state index in [1.165, 1.54) is 11.1 Å². The zero-order chi connectivity index (χ0) is 10.7. The summed E-state index contributed by atoms with van der Waals surface area (Å²) in [7, 11) is 0. The van der Waals surface area contributed by atoms with E-state index >= 15 is 0 Å². The van der Waals surface area contributed by atoms with Crippen molar-refractivity contribution in [2.45, 2.75) is 19.1 Å². The molecule has 0 saturated carbocycles. The highest BCUT2D eigenvalue weighted by molar-refractivity contribution is 5.25. The first-order chi connectivity index (χ1) is 7.29. The van der Waals surface area contributed by atoms with Crippen LogP contribution < -0.4 is 5.73 Å². The highest BCUT2D eigenvalue weighted by Crippen LogP contribution is 2.17. The number of nitrogens with two attached hydrogens (primary N) is 1. The van der Waals surface area contributed by atoms with Gasteiger partial charge in [0.05, 0.1) is 6.10 Å². The number of aliphatic hydroxyl groups is 1. The lowest BCUT2D eigenvalue weighted by Crippen LogP contribution is -2.39. The van der Waals surface area contributed by atoms with Gasteiger partial charge >= 0.3 is 0 Å². The number of hydrogen-bond donors (Lipinski definition) is 2. The Labute approximate surface area is 89.7 Å². The number of rotatable bonds is 3. The van der Waals surface area contributed by atoms with Gasteiger partial charge < -0.3 is 10.8 Å². The molecular formula is C11H17N3O. The normalized spacial score (nSPS) is 18.5. The van der Waals surface area contributed by atoms with Crippen molar-refractivity contribution >= 4 is 0 Å². The van der Waals surface area contributed by atoms with Gasteiger partial charge in [0.2, 0.25) is 0 Å². The van der Waals surface area contributed by atoms with Crippen molar-refractivity contribution in [3.63, 3.8) is 0 Å². The third-order valence-corrected chi connectivity index (χ3v) is 2.84. The second kappa shape index (κ2) is 4.70. The fraction of sp³-hybridized carbons (Fsp3) is 0.545. The molecule has 0 radical (unpaired) electrons. The fourth-order valence-electron chi connectivity index (χ4n) is 1.97. The van der Waals surface area contributed by atoms with Gasteiger partial charge in [0.25, 0.3) is 0 Å². The number of hydrogen-bond acceptors (Lipinski definition) is 4. The molecule has 0 aliphatic carbocycles. The van der Waals surface area contributed by atoms with Crippen LogP contribution in [0.1, 0.15) is 11.1 Å². The number of aliphatic hydroxyl groups excluding tert-OH is 1. The second-order valence-electron chi connectivity index (χ2n) is 4.02. The van der Waals surface area contributed by atoms with Crippen molar-refractivity contribution in [3.05, 3.63) is 29.6 Å². The molecule has 4 heteroatoms.